The van der Waals surface area contributed by atoms with Crippen molar-refractivity contribution in [3.63, 3.8) is 0 Å². The first kappa shape index (κ1) is 11.7. The van der Waals surface area contributed by atoms with E-state index < -0.39 is 0 Å². The van der Waals surface area contributed by atoms with Crippen LogP contribution in [0.2, 0.25) is 0 Å². The number of ether oxygens (including phenoxy) is 1. The zero-order valence-corrected chi connectivity index (χ0v) is 10.2. The summed E-state index contributed by atoms with van der Waals surface area (Å²) in [6, 6.07) is 16.1. The van der Waals surface area contributed by atoms with Crippen molar-refractivity contribution in [3.8, 4) is 5.75 Å². The number of methoxy groups -OCH3 is 1. The summed E-state index contributed by atoms with van der Waals surface area (Å²) in [6.45, 7) is 2.07. The largest absolute Gasteiger partial charge is 0.497 e. The molecule has 0 aliphatic carbocycles. The predicted molar refractivity (Wildman–Crippen MR) is 70.2 cm³/mol. The van der Waals surface area contributed by atoms with Gasteiger partial charge in [0.05, 0.1) is 13.2 Å². The zero-order chi connectivity index (χ0) is 12.3. The van der Waals surface area contributed by atoms with Crippen molar-refractivity contribution in [1.29, 1.82) is 0 Å². The topological polar surface area (TPSA) is 35.2 Å². The molecule has 0 saturated heterocycles. The average Bonchev–Trinajstić information content (AvgIpc) is 2.38. The number of hydrogen-bond donors (Lipinski definition) is 1. The lowest BCUT2D eigenvalue weighted by Gasteiger charge is -2.14. The van der Waals surface area contributed by atoms with Gasteiger partial charge in [-0.25, -0.2) is 0 Å². The van der Waals surface area contributed by atoms with Gasteiger partial charge in [-0.15, -0.1) is 0 Å². The van der Waals surface area contributed by atoms with E-state index in [1.54, 1.807) is 7.11 Å². The van der Waals surface area contributed by atoms with E-state index in [0.717, 1.165) is 16.9 Å². The van der Waals surface area contributed by atoms with Gasteiger partial charge in [0.25, 0.3) is 0 Å². The van der Waals surface area contributed by atoms with E-state index >= 15 is 0 Å². The Balaban J connectivity index is 2.33. The van der Waals surface area contributed by atoms with Crippen LogP contribution in [-0.4, -0.2) is 7.11 Å². The SMILES string of the molecule is COc1cccc(C(N)c2cccc(C)c2)c1. The van der Waals surface area contributed by atoms with E-state index in [1.165, 1.54) is 5.56 Å². The molecule has 88 valence electrons. The molecule has 0 saturated carbocycles. The van der Waals surface area contributed by atoms with E-state index in [9.17, 15) is 0 Å². The van der Waals surface area contributed by atoms with Gasteiger partial charge in [-0.05, 0) is 30.2 Å². The second kappa shape index (κ2) is 5.02. The fraction of sp³-hybridized carbons (Fsp3) is 0.200. The van der Waals surface area contributed by atoms with E-state index in [-0.39, 0.29) is 6.04 Å². The first-order valence-electron chi connectivity index (χ1n) is 5.67. The lowest BCUT2D eigenvalue weighted by atomic mass is 9.98. The van der Waals surface area contributed by atoms with Crippen LogP contribution in [0.3, 0.4) is 0 Å². The third-order valence-electron chi connectivity index (χ3n) is 2.85. The van der Waals surface area contributed by atoms with Crippen molar-refractivity contribution in [2.75, 3.05) is 7.11 Å². The van der Waals surface area contributed by atoms with E-state index in [0.29, 0.717) is 0 Å². The smallest absolute Gasteiger partial charge is 0.119 e. The van der Waals surface area contributed by atoms with E-state index in [4.69, 9.17) is 10.5 Å². The van der Waals surface area contributed by atoms with Crippen molar-refractivity contribution >= 4 is 0 Å². The molecule has 0 bridgehead atoms. The highest BCUT2D eigenvalue weighted by Crippen LogP contribution is 2.23. The third-order valence-corrected chi connectivity index (χ3v) is 2.85. The molecule has 0 amide bonds. The van der Waals surface area contributed by atoms with E-state index in [1.807, 2.05) is 30.3 Å². The molecule has 2 nitrogen and oxygen atoms in total. The Hall–Kier alpha value is -1.80. The fourth-order valence-electron chi connectivity index (χ4n) is 1.89. The average molecular weight is 227 g/mol. The Morgan fingerprint density at radius 3 is 2.29 bits per heavy atom. The monoisotopic (exact) mass is 227 g/mol. The van der Waals surface area contributed by atoms with Gasteiger partial charge < -0.3 is 10.5 Å². The highest BCUT2D eigenvalue weighted by Gasteiger charge is 2.09. The number of hydrogen-bond acceptors (Lipinski definition) is 2. The maximum Gasteiger partial charge on any atom is 0.119 e. The summed E-state index contributed by atoms with van der Waals surface area (Å²) in [4.78, 5) is 0. The normalized spacial score (nSPS) is 12.2. The van der Waals surface area contributed by atoms with Gasteiger partial charge >= 0.3 is 0 Å². The van der Waals surface area contributed by atoms with Crippen molar-refractivity contribution in [2.45, 2.75) is 13.0 Å². The van der Waals surface area contributed by atoms with Gasteiger partial charge in [0.15, 0.2) is 0 Å². The third kappa shape index (κ3) is 2.66. The molecule has 1 atom stereocenters. The maximum absolute atomic E-state index is 6.25. The maximum atomic E-state index is 6.25. The van der Waals surface area contributed by atoms with E-state index in [2.05, 4.69) is 25.1 Å². The summed E-state index contributed by atoms with van der Waals surface area (Å²) in [6.07, 6.45) is 0. The molecule has 0 heterocycles. The zero-order valence-electron chi connectivity index (χ0n) is 10.2. The Morgan fingerprint density at radius 1 is 1.00 bits per heavy atom. The van der Waals surface area contributed by atoms with Gasteiger partial charge in [0.1, 0.15) is 5.75 Å². The molecular formula is C15H17NO. The van der Waals surface area contributed by atoms with Crippen molar-refractivity contribution in [1.82, 2.24) is 0 Å². The predicted octanol–water partition coefficient (Wildman–Crippen LogP) is 3.05. The first-order valence-corrected chi connectivity index (χ1v) is 5.67. The lowest BCUT2D eigenvalue weighted by molar-refractivity contribution is 0.414. The summed E-state index contributed by atoms with van der Waals surface area (Å²) in [5, 5.41) is 0. The Labute approximate surface area is 102 Å². The Bertz CT molecular complexity index is 508. The molecule has 0 aliphatic rings. The minimum absolute atomic E-state index is 0.106. The van der Waals surface area contributed by atoms with Crippen LogP contribution in [0.15, 0.2) is 48.5 Å². The van der Waals surface area contributed by atoms with Crippen LogP contribution < -0.4 is 10.5 Å². The highest BCUT2D eigenvalue weighted by atomic mass is 16.5. The van der Waals surface area contributed by atoms with Crippen molar-refractivity contribution < 1.29 is 4.74 Å². The summed E-state index contributed by atoms with van der Waals surface area (Å²) in [5.74, 6) is 0.839. The number of nitrogens with two attached hydrogens (primary N) is 1. The summed E-state index contributed by atoms with van der Waals surface area (Å²) >= 11 is 0. The summed E-state index contributed by atoms with van der Waals surface area (Å²) in [7, 11) is 1.66. The summed E-state index contributed by atoms with van der Waals surface area (Å²) < 4.78 is 5.21. The molecule has 2 aromatic rings. The van der Waals surface area contributed by atoms with Crippen LogP contribution in [0.1, 0.15) is 22.7 Å². The molecule has 0 radical (unpaired) electrons. The minimum Gasteiger partial charge on any atom is -0.497 e. The number of benzene rings is 2. The molecular weight excluding hydrogens is 210 g/mol. The molecule has 0 aliphatic heterocycles. The van der Waals surface area contributed by atoms with Gasteiger partial charge in [-0.2, -0.15) is 0 Å². The van der Waals surface area contributed by atoms with Crippen LogP contribution >= 0.6 is 0 Å². The molecule has 2 N–H and O–H groups in total. The lowest BCUT2D eigenvalue weighted by Crippen LogP contribution is -2.11. The van der Waals surface area contributed by atoms with Gasteiger partial charge in [0, 0.05) is 0 Å². The molecule has 2 rings (SSSR count). The molecule has 1 unspecified atom stereocenters. The van der Waals surface area contributed by atoms with Crippen LogP contribution in [-0.2, 0) is 0 Å². The first-order chi connectivity index (χ1) is 8.20. The van der Waals surface area contributed by atoms with Crippen LogP contribution in [0.5, 0.6) is 5.75 Å². The Kier molecular flexibility index (Phi) is 3.45. The van der Waals surface area contributed by atoms with Crippen molar-refractivity contribution in [3.05, 3.63) is 65.2 Å². The second-order valence-electron chi connectivity index (χ2n) is 4.17. The minimum atomic E-state index is -0.106. The molecule has 2 aromatic carbocycles. The summed E-state index contributed by atoms with van der Waals surface area (Å²) in [5.41, 5.74) is 9.66. The van der Waals surface area contributed by atoms with Crippen molar-refractivity contribution in [2.24, 2.45) is 5.73 Å². The molecule has 17 heavy (non-hydrogen) atoms. The second-order valence-corrected chi connectivity index (χ2v) is 4.17. The highest BCUT2D eigenvalue weighted by molar-refractivity contribution is 5.37. The molecule has 0 spiro atoms. The van der Waals surface area contributed by atoms with Crippen LogP contribution in [0.4, 0.5) is 0 Å². The van der Waals surface area contributed by atoms with Gasteiger partial charge in [-0.3, -0.25) is 0 Å². The van der Waals surface area contributed by atoms with Crippen LogP contribution in [0, 0.1) is 6.92 Å². The Morgan fingerprint density at radius 2 is 1.65 bits per heavy atom. The van der Waals surface area contributed by atoms with Crippen LogP contribution in [0.25, 0.3) is 0 Å². The standard InChI is InChI=1S/C15H17NO/c1-11-5-3-6-12(9-11)15(16)13-7-4-8-14(10-13)17-2/h3-10,15H,16H2,1-2H3. The quantitative estimate of drug-likeness (QED) is 0.874. The molecule has 2 heteroatoms. The number of rotatable bonds is 3. The molecule has 0 fully saturated rings. The van der Waals surface area contributed by atoms with Gasteiger partial charge in [-0.1, -0.05) is 42.0 Å². The number of aryl methyl sites for hydroxylation is 1. The van der Waals surface area contributed by atoms with Gasteiger partial charge in [0.2, 0.25) is 0 Å². The fourth-order valence-corrected chi connectivity index (χ4v) is 1.89. The molecule has 0 aromatic heterocycles.